The van der Waals surface area contributed by atoms with Gasteiger partial charge < -0.3 is 9.47 Å². The molecule has 0 unspecified atom stereocenters. The Morgan fingerprint density at radius 3 is 1.71 bits per heavy atom. The van der Waals surface area contributed by atoms with Crippen molar-refractivity contribution in [2.45, 2.75) is 19.3 Å². The number of hydrogen-bond donors (Lipinski definition) is 0. The molecule has 0 fully saturated rings. The molecule has 1 aromatic heterocycles. The summed E-state index contributed by atoms with van der Waals surface area (Å²) in [4.78, 5) is 2.20. The molecule has 0 saturated carbocycles. The van der Waals surface area contributed by atoms with Crippen molar-refractivity contribution in [2.24, 2.45) is 0 Å². The van der Waals surface area contributed by atoms with Crippen molar-refractivity contribution in [3.05, 3.63) is 169 Å². The molecule has 0 aliphatic carbocycles. The monoisotopic (exact) mass is 546 g/mol. The largest absolute Gasteiger partial charge is 0.310 e. The second-order valence-corrected chi connectivity index (χ2v) is 11.2. The number of halogens is 1. The van der Waals surface area contributed by atoms with Crippen molar-refractivity contribution in [2.75, 3.05) is 4.90 Å². The van der Waals surface area contributed by atoms with E-state index in [4.69, 9.17) is 0 Å². The first-order chi connectivity index (χ1) is 20.5. The predicted octanol–water partition coefficient (Wildman–Crippen LogP) is 10.7. The van der Waals surface area contributed by atoms with E-state index < -0.39 is 0 Å². The SMILES string of the molecule is CC(C)(c1ccccc1)c1ccc(N(c2ccc(F)cc2)c2ccc3c(c2)c2ccccc2n3-c2ccccc2)cc1. The molecular weight excluding hydrogens is 515 g/mol. The molecule has 0 saturated heterocycles. The lowest BCUT2D eigenvalue weighted by molar-refractivity contribution is 0.628. The van der Waals surface area contributed by atoms with E-state index in [0.717, 1.165) is 33.8 Å². The molecular formula is C39H31FN2. The molecule has 0 atom stereocenters. The van der Waals surface area contributed by atoms with Crippen LogP contribution in [0.15, 0.2) is 152 Å². The lowest BCUT2D eigenvalue weighted by Crippen LogP contribution is -2.19. The minimum atomic E-state index is -0.250. The first kappa shape index (κ1) is 25.8. The van der Waals surface area contributed by atoms with Crippen LogP contribution in [0, 0.1) is 5.82 Å². The van der Waals surface area contributed by atoms with E-state index in [1.165, 1.54) is 34.0 Å². The Kier molecular flexibility index (Phi) is 6.36. The number of hydrogen-bond acceptors (Lipinski definition) is 1. The van der Waals surface area contributed by atoms with E-state index in [1.54, 1.807) is 0 Å². The number of nitrogens with zero attached hydrogens (tertiary/aromatic N) is 2. The third-order valence-corrected chi connectivity index (χ3v) is 8.36. The summed E-state index contributed by atoms with van der Waals surface area (Å²) in [5.74, 6) is -0.250. The van der Waals surface area contributed by atoms with Gasteiger partial charge in [0.05, 0.1) is 11.0 Å². The number of rotatable bonds is 6. The maximum atomic E-state index is 14.0. The van der Waals surface area contributed by atoms with E-state index in [9.17, 15) is 4.39 Å². The summed E-state index contributed by atoms with van der Waals surface area (Å²) in [6, 6.07) is 51.7. The smallest absolute Gasteiger partial charge is 0.123 e. The van der Waals surface area contributed by atoms with Crippen molar-refractivity contribution in [3.8, 4) is 5.69 Å². The fourth-order valence-corrected chi connectivity index (χ4v) is 6.04. The number of para-hydroxylation sites is 2. The zero-order chi connectivity index (χ0) is 28.7. The van der Waals surface area contributed by atoms with Gasteiger partial charge in [-0.1, -0.05) is 92.7 Å². The van der Waals surface area contributed by atoms with Gasteiger partial charge in [-0.15, -0.1) is 0 Å². The lowest BCUT2D eigenvalue weighted by atomic mass is 9.78. The molecule has 204 valence electrons. The molecule has 0 amide bonds. The van der Waals surface area contributed by atoms with E-state index in [-0.39, 0.29) is 11.2 Å². The number of fused-ring (bicyclic) bond motifs is 3. The van der Waals surface area contributed by atoms with Crippen LogP contribution in [0.25, 0.3) is 27.5 Å². The molecule has 6 aromatic carbocycles. The Bertz CT molecular complexity index is 1990. The molecule has 0 bridgehead atoms. The van der Waals surface area contributed by atoms with E-state index in [1.807, 2.05) is 18.2 Å². The predicted molar refractivity (Wildman–Crippen MR) is 174 cm³/mol. The van der Waals surface area contributed by atoms with Gasteiger partial charge in [0.2, 0.25) is 0 Å². The van der Waals surface area contributed by atoms with Gasteiger partial charge >= 0.3 is 0 Å². The third-order valence-electron chi connectivity index (χ3n) is 8.36. The summed E-state index contributed by atoms with van der Waals surface area (Å²) in [6.07, 6.45) is 0. The number of benzene rings is 6. The van der Waals surface area contributed by atoms with Crippen LogP contribution in [-0.2, 0) is 5.41 Å². The van der Waals surface area contributed by atoms with Gasteiger partial charge in [-0.3, -0.25) is 0 Å². The number of anilines is 3. The van der Waals surface area contributed by atoms with E-state index in [0.29, 0.717) is 0 Å². The highest BCUT2D eigenvalue weighted by Crippen LogP contribution is 2.40. The second kappa shape index (κ2) is 10.4. The van der Waals surface area contributed by atoms with Gasteiger partial charge in [0.25, 0.3) is 0 Å². The summed E-state index contributed by atoms with van der Waals surface area (Å²) in [5, 5.41) is 2.36. The highest BCUT2D eigenvalue weighted by atomic mass is 19.1. The fourth-order valence-electron chi connectivity index (χ4n) is 6.04. The normalized spacial score (nSPS) is 11.7. The molecule has 7 rings (SSSR count). The quantitative estimate of drug-likeness (QED) is 0.201. The van der Waals surface area contributed by atoms with Crippen LogP contribution in [0.4, 0.5) is 21.5 Å². The topological polar surface area (TPSA) is 8.17 Å². The molecule has 2 nitrogen and oxygen atoms in total. The van der Waals surface area contributed by atoms with E-state index in [2.05, 4.69) is 145 Å². The molecule has 3 heteroatoms. The molecule has 7 aromatic rings. The summed E-state index contributed by atoms with van der Waals surface area (Å²) >= 11 is 0. The molecule has 0 aliphatic rings. The standard InChI is InChI=1S/C39H31FN2/c1-39(2,28-11-5-3-6-12-28)29-17-21-32(22-18-29)41(33-23-19-30(40)20-24-33)34-25-26-38-36(27-34)35-15-9-10-16-37(35)42(38)31-13-7-4-8-14-31/h3-27H,1-2H3. The third kappa shape index (κ3) is 4.44. The molecule has 0 N–H and O–H groups in total. The van der Waals surface area contributed by atoms with Crippen molar-refractivity contribution in [3.63, 3.8) is 0 Å². The van der Waals surface area contributed by atoms with Crippen LogP contribution in [0.2, 0.25) is 0 Å². The zero-order valence-electron chi connectivity index (χ0n) is 23.7. The highest BCUT2D eigenvalue weighted by molar-refractivity contribution is 6.10. The Morgan fingerprint density at radius 1 is 0.500 bits per heavy atom. The minimum Gasteiger partial charge on any atom is -0.310 e. The van der Waals surface area contributed by atoms with Gasteiger partial charge in [-0.25, -0.2) is 4.39 Å². The van der Waals surface area contributed by atoms with Crippen molar-refractivity contribution in [1.29, 1.82) is 0 Å². The zero-order valence-corrected chi connectivity index (χ0v) is 23.7. The average Bonchev–Trinajstić information content (AvgIpc) is 3.37. The molecule has 1 heterocycles. The van der Waals surface area contributed by atoms with Crippen LogP contribution in [0.3, 0.4) is 0 Å². The van der Waals surface area contributed by atoms with Crippen LogP contribution in [0.5, 0.6) is 0 Å². The van der Waals surface area contributed by atoms with Crippen LogP contribution >= 0.6 is 0 Å². The van der Waals surface area contributed by atoms with E-state index >= 15 is 0 Å². The van der Waals surface area contributed by atoms with Gasteiger partial charge in [-0.2, -0.15) is 0 Å². The summed E-state index contributed by atoms with van der Waals surface area (Å²) in [6.45, 7) is 4.51. The fraction of sp³-hybridized carbons (Fsp3) is 0.0769. The van der Waals surface area contributed by atoms with Crippen LogP contribution in [-0.4, -0.2) is 4.57 Å². The lowest BCUT2D eigenvalue weighted by Gasteiger charge is -2.29. The number of aromatic nitrogens is 1. The summed E-state index contributed by atoms with van der Waals surface area (Å²) in [5.41, 5.74) is 8.73. The van der Waals surface area contributed by atoms with Gasteiger partial charge in [-0.05, 0) is 83.9 Å². The summed E-state index contributed by atoms with van der Waals surface area (Å²) in [7, 11) is 0. The Hall–Kier alpha value is -5.15. The maximum Gasteiger partial charge on any atom is 0.123 e. The Labute approximate surface area is 245 Å². The molecule has 0 aliphatic heterocycles. The summed E-state index contributed by atoms with van der Waals surface area (Å²) < 4.78 is 16.3. The highest BCUT2D eigenvalue weighted by Gasteiger charge is 2.24. The maximum absolute atomic E-state index is 14.0. The van der Waals surface area contributed by atoms with Crippen molar-refractivity contribution >= 4 is 38.9 Å². The van der Waals surface area contributed by atoms with Crippen molar-refractivity contribution < 1.29 is 4.39 Å². The van der Waals surface area contributed by atoms with Gasteiger partial charge in [0.15, 0.2) is 0 Å². The minimum absolute atomic E-state index is 0.140. The van der Waals surface area contributed by atoms with Crippen LogP contribution < -0.4 is 4.90 Å². The molecule has 0 radical (unpaired) electrons. The van der Waals surface area contributed by atoms with Crippen LogP contribution in [0.1, 0.15) is 25.0 Å². The first-order valence-corrected chi connectivity index (χ1v) is 14.3. The first-order valence-electron chi connectivity index (χ1n) is 14.3. The van der Waals surface area contributed by atoms with Gasteiger partial charge in [0, 0.05) is 38.9 Å². The molecule has 0 spiro atoms. The van der Waals surface area contributed by atoms with Crippen molar-refractivity contribution in [1.82, 2.24) is 4.57 Å². The molecule has 42 heavy (non-hydrogen) atoms. The Morgan fingerprint density at radius 2 is 1.02 bits per heavy atom. The average molecular weight is 547 g/mol. The second-order valence-electron chi connectivity index (χ2n) is 11.2. The van der Waals surface area contributed by atoms with Gasteiger partial charge in [0.1, 0.15) is 5.82 Å². The Balaban J connectivity index is 1.38.